The van der Waals surface area contributed by atoms with Gasteiger partial charge in [-0.05, 0) is 68.2 Å². The molecule has 100 valence electrons. The van der Waals surface area contributed by atoms with Gasteiger partial charge >= 0.3 is 0 Å². The van der Waals surface area contributed by atoms with Crippen LogP contribution < -0.4 is 5.32 Å². The van der Waals surface area contributed by atoms with Gasteiger partial charge in [0.15, 0.2) is 0 Å². The number of hydrogen-bond acceptors (Lipinski definition) is 1. The average Bonchev–Trinajstić information content (AvgIpc) is 2.95. The van der Waals surface area contributed by atoms with Crippen molar-refractivity contribution >= 4 is 0 Å². The molecule has 0 radical (unpaired) electrons. The lowest BCUT2D eigenvalue weighted by Gasteiger charge is -2.37. The summed E-state index contributed by atoms with van der Waals surface area (Å²) in [4.78, 5) is 0. The summed E-state index contributed by atoms with van der Waals surface area (Å²) in [5.74, 6) is 4.82. The molecule has 1 heteroatoms. The maximum absolute atomic E-state index is 3.87. The van der Waals surface area contributed by atoms with Crippen molar-refractivity contribution in [2.45, 2.75) is 65.8 Å². The van der Waals surface area contributed by atoms with Crippen molar-refractivity contribution in [1.29, 1.82) is 0 Å². The van der Waals surface area contributed by atoms with Gasteiger partial charge in [-0.15, -0.1) is 0 Å². The second kappa shape index (κ2) is 5.73. The molecule has 1 nitrogen and oxygen atoms in total. The van der Waals surface area contributed by atoms with Crippen LogP contribution in [0, 0.1) is 29.6 Å². The van der Waals surface area contributed by atoms with Crippen LogP contribution in [-0.4, -0.2) is 12.6 Å². The summed E-state index contributed by atoms with van der Waals surface area (Å²) in [6.45, 7) is 10.8. The van der Waals surface area contributed by atoms with Crippen LogP contribution in [0.15, 0.2) is 0 Å². The molecule has 0 aromatic carbocycles. The molecule has 0 aliphatic heterocycles. The van der Waals surface area contributed by atoms with E-state index in [1.165, 1.54) is 38.6 Å². The van der Waals surface area contributed by atoms with E-state index in [0.29, 0.717) is 0 Å². The minimum atomic E-state index is 0.829. The second-order valence-electron chi connectivity index (χ2n) is 7.03. The molecule has 2 rings (SSSR count). The Morgan fingerprint density at radius 3 is 2.06 bits per heavy atom. The molecule has 1 N–H and O–H groups in total. The SMILES string of the molecule is CCCNC(C1CC(C)CC(C)C1)C1CC1C. The average molecular weight is 237 g/mol. The highest BCUT2D eigenvalue weighted by Gasteiger charge is 2.43. The van der Waals surface area contributed by atoms with E-state index in [0.717, 1.165) is 35.6 Å². The third-order valence-electron chi connectivity index (χ3n) is 4.99. The third-order valence-corrected chi connectivity index (χ3v) is 4.99. The first-order chi connectivity index (χ1) is 8.11. The van der Waals surface area contributed by atoms with Crippen molar-refractivity contribution in [3.8, 4) is 0 Å². The van der Waals surface area contributed by atoms with E-state index in [1.54, 1.807) is 0 Å². The summed E-state index contributed by atoms with van der Waals surface area (Å²) in [5, 5.41) is 3.87. The lowest BCUT2D eigenvalue weighted by atomic mass is 9.72. The van der Waals surface area contributed by atoms with Gasteiger partial charge in [0.25, 0.3) is 0 Å². The Morgan fingerprint density at radius 1 is 1.00 bits per heavy atom. The molecule has 0 aromatic heterocycles. The maximum Gasteiger partial charge on any atom is 0.0126 e. The van der Waals surface area contributed by atoms with Gasteiger partial charge in [0, 0.05) is 6.04 Å². The van der Waals surface area contributed by atoms with Crippen molar-refractivity contribution < 1.29 is 0 Å². The fraction of sp³-hybridized carbons (Fsp3) is 1.00. The normalized spacial score (nSPS) is 43.4. The van der Waals surface area contributed by atoms with Crippen molar-refractivity contribution in [1.82, 2.24) is 5.32 Å². The fourth-order valence-electron chi connectivity index (χ4n) is 4.13. The van der Waals surface area contributed by atoms with Gasteiger partial charge in [0.05, 0.1) is 0 Å². The Bertz CT molecular complexity index is 228. The Labute approximate surface area is 108 Å². The molecular weight excluding hydrogens is 206 g/mol. The molecule has 0 spiro atoms. The van der Waals surface area contributed by atoms with E-state index in [4.69, 9.17) is 0 Å². The van der Waals surface area contributed by atoms with E-state index in [1.807, 2.05) is 0 Å². The summed E-state index contributed by atoms with van der Waals surface area (Å²) in [6.07, 6.45) is 7.14. The molecule has 0 amide bonds. The molecule has 0 bridgehead atoms. The molecule has 0 heterocycles. The van der Waals surface area contributed by atoms with Crippen LogP contribution in [0.2, 0.25) is 0 Å². The number of rotatable bonds is 5. The Morgan fingerprint density at radius 2 is 1.59 bits per heavy atom. The van der Waals surface area contributed by atoms with Crippen molar-refractivity contribution in [3.05, 3.63) is 0 Å². The second-order valence-corrected chi connectivity index (χ2v) is 7.03. The standard InChI is InChI=1S/C16H31N/c1-5-6-17-16(15-10-13(15)4)14-8-11(2)7-12(3)9-14/h11-17H,5-10H2,1-4H3. The summed E-state index contributed by atoms with van der Waals surface area (Å²) >= 11 is 0. The molecule has 2 aliphatic carbocycles. The minimum Gasteiger partial charge on any atom is -0.313 e. The molecular formula is C16H31N. The van der Waals surface area contributed by atoms with Crippen LogP contribution in [0.5, 0.6) is 0 Å². The van der Waals surface area contributed by atoms with Gasteiger partial charge in [-0.1, -0.05) is 27.7 Å². The molecule has 17 heavy (non-hydrogen) atoms. The van der Waals surface area contributed by atoms with Gasteiger partial charge in [0.1, 0.15) is 0 Å². The highest BCUT2D eigenvalue weighted by molar-refractivity contribution is 4.97. The number of hydrogen-bond donors (Lipinski definition) is 1. The van der Waals surface area contributed by atoms with Crippen molar-refractivity contribution in [2.24, 2.45) is 29.6 Å². The third kappa shape index (κ3) is 3.47. The Balaban J connectivity index is 1.94. The summed E-state index contributed by atoms with van der Waals surface area (Å²) in [6, 6.07) is 0.829. The summed E-state index contributed by atoms with van der Waals surface area (Å²) in [7, 11) is 0. The predicted octanol–water partition coefficient (Wildman–Crippen LogP) is 4.08. The first-order valence-corrected chi connectivity index (χ1v) is 7.85. The van der Waals surface area contributed by atoms with Gasteiger partial charge in [-0.25, -0.2) is 0 Å². The van der Waals surface area contributed by atoms with Crippen molar-refractivity contribution in [3.63, 3.8) is 0 Å². The van der Waals surface area contributed by atoms with Crippen LogP contribution in [0.4, 0.5) is 0 Å². The van der Waals surface area contributed by atoms with E-state index in [9.17, 15) is 0 Å². The van der Waals surface area contributed by atoms with Crippen LogP contribution >= 0.6 is 0 Å². The molecule has 2 fully saturated rings. The van der Waals surface area contributed by atoms with Gasteiger partial charge in [-0.2, -0.15) is 0 Å². The van der Waals surface area contributed by atoms with E-state index < -0.39 is 0 Å². The summed E-state index contributed by atoms with van der Waals surface area (Å²) in [5.41, 5.74) is 0. The molecule has 5 unspecified atom stereocenters. The molecule has 0 aromatic rings. The number of nitrogens with one attached hydrogen (secondary N) is 1. The molecule has 5 atom stereocenters. The lowest BCUT2D eigenvalue weighted by Crippen LogP contribution is -2.42. The van der Waals surface area contributed by atoms with E-state index in [-0.39, 0.29) is 0 Å². The molecule has 2 aliphatic rings. The zero-order chi connectivity index (χ0) is 12.4. The largest absolute Gasteiger partial charge is 0.313 e. The van der Waals surface area contributed by atoms with Crippen LogP contribution in [0.1, 0.15) is 59.8 Å². The summed E-state index contributed by atoms with van der Waals surface area (Å²) < 4.78 is 0. The smallest absolute Gasteiger partial charge is 0.0126 e. The maximum atomic E-state index is 3.87. The monoisotopic (exact) mass is 237 g/mol. The molecule has 2 saturated carbocycles. The van der Waals surface area contributed by atoms with Crippen molar-refractivity contribution in [2.75, 3.05) is 6.54 Å². The zero-order valence-electron chi connectivity index (χ0n) is 12.2. The fourth-order valence-corrected chi connectivity index (χ4v) is 4.13. The predicted molar refractivity (Wildman–Crippen MR) is 75.0 cm³/mol. The first kappa shape index (κ1) is 13.4. The Kier molecular flexibility index (Phi) is 4.52. The highest BCUT2D eigenvalue weighted by Crippen LogP contribution is 2.46. The first-order valence-electron chi connectivity index (χ1n) is 7.85. The van der Waals surface area contributed by atoms with Gasteiger partial charge in [0.2, 0.25) is 0 Å². The highest BCUT2D eigenvalue weighted by atomic mass is 14.9. The van der Waals surface area contributed by atoms with Gasteiger partial charge in [-0.3, -0.25) is 0 Å². The Hall–Kier alpha value is -0.0400. The van der Waals surface area contributed by atoms with Crippen LogP contribution in [0.3, 0.4) is 0 Å². The molecule has 0 saturated heterocycles. The van der Waals surface area contributed by atoms with Gasteiger partial charge < -0.3 is 5.32 Å². The van der Waals surface area contributed by atoms with E-state index in [2.05, 4.69) is 33.0 Å². The zero-order valence-corrected chi connectivity index (χ0v) is 12.2. The topological polar surface area (TPSA) is 12.0 Å². The van der Waals surface area contributed by atoms with E-state index >= 15 is 0 Å². The van der Waals surface area contributed by atoms with Crippen LogP contribution in [0.25, 0.3) is 0 Å². The van der Waals surface area contributed by atoms with Crippen LogP contribution in [-0.2, 0) is 0 Å². The minimum absolute atomic E-state index is 0.829. The quantitative estimate of drug-likeness (QED) is 0.759. The lowest BCUT2D eigenvalue weighted by molar-refractivity contribution is 0.162.